The fraction of sp³-hybridized carbons (Fsp3) is 0.357. The van der Waals surface area contributed by atoms with Gasteiger partial charge in [0.05, 0.1) is 30.3 Å². The Morgan fingerprint density at radius 2 is 1.89 bits per heavy atom. The van der Waals surface area contributed by atoms with Crippen molar-refractivity contribution in [1.29, 1.82) is 5.26 Å². The molecule has 35 heavy (non-hydrogen) atoms. The van der Waals surface area contributed by atoms with Gasteiger partial charge >= 0.3 is 5.97 Å². The number of nitrogens with zero attached hydrogens (tertiary/aromatic N) is 3. The van der Waals surface area contributed by atoms with Crippen LogP contribution in [0.3, 0.4) is 0 Å². The van der Waals surface area contributed by atoms with E-state index < -0.39 is 18.1 Å². The van der Waals surface area contributed by atoms with Gasteiger partial charge in [0.25, 0.3) is 11.8 Å². The molecule has 3 rings (SSSR count). The van der Waals surface area contributed by atoms with Gasteiger partial charge in [0.15, 0.2) is 0 Å². The van der Waals surface area contributed by atoms with Crippen molar-refractivity contribution in [3.63, 3.8) is 0 Å². The molecule has 0 saturated carbocycles. The number of ether oxygens (including phenoxy) is 1. The Morgan fingerprint density at radius 3 is 2.57 bits per heavy atom. The number of carbonyl (C=O) groups is 3. The minimum Gasteiger partial charge on any atom is -0.466 e. The molecule has 7 heteroatoms. The van der Waals surface area contributed by atoms with Crippen LogP contribution in [-0.4, -0.2) is 42.4 Å². The molecule has 180 valence electrons. The number of carbonyl (C=O) groups excluding carboxylic acids is 3. The molecule has 0 radical (unpaired) electrons. The molecule has 2 amide bonds. The van der Waals surface area contributed by atoms with Crippen molar-refractivity contribution in [2.75, 3.05) is 18.6 Å². The lowest BCUT2D eigenvalue weighted by molar-refractivity contribution is -0.144. The van der Waals surface area contributed by atoms with Crippen molar-refractivity contribution in [3.8, 4) is 17.9 Å². The highest BCUT2D eigenvalue weighted by Gasteiger charge is 2.42. The van der Waals surface area contributed by atoms with Gasteiger partial charge < -0.3 is 14.5 Å². The van der Waals surface area contributed by atoms with Gasteiger partial charge in [-0.15, -0.1) is 0 Å². The Bertz CT molecular complexity index is 1190. The quantitative estimate of drug-likeness (QED) is 0.342. The number of unbranched alkanes of at least 4 members (excludes halogenated alkanes) is 2. The number of amides is 2. The lowest BCUT2D eigenvalue weighted by Crippen LogP contribution is -2.46. The van der Waals surface area contributed by atoms with Crippen molar-refractivity contribution in [2.45, 2.75) is 51.6 Å². The average molecular weight is 472 g/mol. The summed E-state index contributed by atoms with van der Waals surface area (Å²) in [7, 11) is 1.65. The number of anilines is 1. The van der Waals surface area contributed by atoms with Gasteiger partial charge in [-0.3, -0.25) is 14.4 Å². The van der Waals surface area contributed by atoms with E-state index in [1.807, 2.05) is 30.3 Å². The molecule has 2 aromatic rings. The van der Waals surface area contributed by atoms with Gasteiger partial charge in [-0.05, 0) is 44.0 Å². The molecule has 0 N–H and O–H groups in total. The fourth-order valence-corrected chi connectivity index (χ4v) is 4.13. The number of hydrogen-bond acceptors (Lipinski definition) is 5. The largest absolute Gasteiger partial charge is 0.466 e. The Morgan fingerprint density at radius 1 is 1.14 bits per heavy atom. The molecule has 0 saturated heterocycles. The monoisotopic (exact) mass is 471 g/mol. The van der Waals surface area contributed by atoms with Crippen LogP contribution in [0.2, 0.25) is 0 Å². The highest BCUT2D eigenvalue weighted by molar-refractivity contribution is 6.11. The molecule has 0 bridgehead atoms. The van der Waals surface area contributed by atoms with E-state index in [0.29, 0.717) is 41.6 Å². The lowest BCUT2D eigenvalue weighted by atomic mass is 10.0. The molecule has 1 heterocycles. The van der Waals surface area contributed by atoms with Crippen molar-refractivity contribution < 1.29 is 19.1 Å². The van der Waals surface area contributed by atoms with E-state index >= 15 is 0 Å². The lowest BCUT2D eigenvalue weighted by Gasteiger charge is -2.34. The first-order chi connectivity index (χ1) is 16.9. The van der Waals surface area contributed by atoms with Crippen LogP contribution in [0.15, 0.2) is 48.5 Å². The van der Waals surface area contributed by atoms with Crippen LogP contribution in [-0.2, 0) is 14.3 Å². The number of fused-ring (bicyclic) bond motifs is 1. The molecule has 0 aliphatic carbocycles. The average Bonchev–Trinajstić information content (AvgIpc) is 2.93. The highest BCUT2D eigenvalue weighted by atomic mass is 16.5. The fourth-order valence-electron chi connectivity index (χ4n) is 4.13. The molecule has 1 aliphatic rings. The number of rotatable bonds is 7. The minimum atomic E-state index is -0.897. The second kappa shape index (κ2) is 11.9. The Balaban J connectivity index is 2.06. The summed E-state index contributed by atoms with van der Waals surface area (Å²) in [5.74, 6) is 5.04. The maximum atomic E-state index is 14.0. The maximum absolute atomic E-state index is 14.0. The van der Waals surface area contributed by atoms with Crippen LogP contribution in [0.1, 0.15) is 67.1 Å². The van der Waals surface area contributed by atoms with Crippen LogP contribution in [0.5, 0.6) is 0 Å². The normalized spacial score (nSPS) is 15.9. The first kappa shape index (κ1) is 25.5. The molecule has 0 fully saturated rings. The van der Waals surface area contributed by atoms with Gasteiger partial charge in [-0.1, -0.05) is 42.2 Å². The van der Waals surface area contributed by atoms with Gasteiger partial charge in [0, 0.05) is 31.5 Å². The predicted octanol–water partition coefficient (Wildman–Crippen LogP) is 4.23. The summed E-state index contributed by atoms with van der Waals surface area (Å²) >= 11 is 0. The SMILES string of the molecule is CCOC(=O)CC(C)N1C(=O)c2cc(C#CCCCC#N)ccc2N(C)C(=O)C1c1ccccc1. The van der Waals surface area contributed by atoms with E-state index in [-0.39, 0.29) is 24.8 Å². The van der Waals surface area contributed by atoms with Crippen molar-refractivity contribution in [2.24, 2.45) is 0 Å². The Labute approximate surface area is 206 Å². The third-order valence-corrected chi connectivity index (χ3v) is 5.85. The van der Waals surface area contributed by atoms with Gasteiger partial charge in [-0.2, -0.15) is 5.26 Å². The number of nitriles is 1. The van der Waals surface area contributed by atoms with Crippen molar-refractivity contribution >= 4 is 23.5 Å². The molecule has 1 aliphatic heterocycles. The van der Waals surface area contributed by atoms with Crippen LogP contribution in [0.25, 0.3) is 0 Å². The third kappa shape index (κ3) is 5.88. The zero-order chi connectivity index (χ0) is 25.4. The van der Waals surface area contributed by atoms with Gasteiger partial charge in [-0.25, -0.2) is 0 Å². The summed E-state index contributed by atoms with van der Waals surface area (Å²) in [6.07, 6.45) is 1.67. The topological polar surface area (TPSA) is 90.7 Å². The molecule has 2 aromatic carbocycles. The van der Waals surface area contributed by atoms with Gasteiger partial charge in [0.2, 0.25) is 0 Å². The first-order valence-corrected chi connectivity index (χ1v) is 11.7. The third-order valence-electron chi connectivity index (χ3n) is 5.85. The second-order valence-corrected chi connectivity index (χ2v) is 8.33. The summed E-state index contributed by atoms with van der Waals surface area (Å²) in [4.78, 5) is 42.9. The zero-order valence-corrected chi connectivity index (χ0v) is 20.3. The first-order valence-electron chi connectivity index (χ1n) is 11.7. The van der Waals surface area contributed by atoms with Gasteiger partial charge in [0.1, 0.15) is 6.04 Å². The molecular weight excluding hydrogens is 442 g/mol. The van der Waals surface area contributed by atoms with Crippen molar-refractivity contribution in [1.82, 2.24) is 4.90 Å². The smallest absolute Gasteiger partial charge is 0.307 e. The summed E-state index contributed by atoms with van der Waals surface area (Å²) < 4.78 is 5.11. The standard InChI is InChI=1S/C28H29N3O4/c1-4-35-25(32)18-20(2)31-26(22-13-9-7-10-14-22)28(34)30(3)24-16-15-21(19-23(24)27(31)33)12-8-5-6-11-17-29/h7,9-10,13-16,19-20,26H,4-6,11,18H2,1-3H3. The van der Waals surface area contributed by atoms with E-state index in [2.05, 4.69) is 17.9 Å². The number of likely N-dealkylation sites (N-methyl/N-ethyl adjacent to an activating group) is 1. The highest BCUT2D eigenvalue weighted by Crippen LogP contribution is 2.36. The molecular formula is C28H29N3O4. The van der Waals surface area contributed by atoms with E-state index in [1.54, 1.807) is 39.1 Å². The maximum Gasteiger partial charge on any atom is 0.307 e. The summed E-state index contributed by atoms with van der Waals surface area (Å²) in [5.41, 5.74) is 2.14. The van der Waals surface area contributed by atoms with Crippen LogP contribution in [0, 0.1) is 23.2 Å². The summed E-state index contributed by atoms with van der Waals surface area (Å²) in [6, 6.07) is 14.9. The number of hydrogen-bond donors (Lipinski definition) is 0. The Hall–Kier alpha value is -4.10. The van der Waals surface area contributed by atoms with Crippen LogP contribution in [0.4, 0.5) is 5.69 Å². The van der Waals surface area contributed by atoms with E-state index in [9.17, 15) is 14.4 Å². The molecule has 2 unspecified atom stereocenters. The molecule has 2 atom stereocenters. The summed E-state index contributed by atoms with van der Waals surface area (Å²) in [5, 5.41) is 8.67. The van der Waals surface area contributed by atoms with Crippen molar-refractivity contribution in [3.05, 3.63) is 65.2 Å². The van der Waals surface area contributed by atoms with E-state index in [1.165, 1.54) is 9.80 Å². The van der Waals surface area contributed by atoms with E-state index in [0.717, 1.165) is 0 Å². The van der Waals surface area contributed by atoms with E-state index in [4.69, 9.17) is 10.00 Å². The molecule has 0 aromatic heterocycles. The second-order valence-electron chi connectivity index (χ2n) is 8.33. The Kier molecular flexibility index (Phi) is 8.64. The predicted molar refractivity (Wildman–Crippen MR) is 132 cm³/mol. The molecule has 7 nitrogen and oxygen atoms in total. The number of esters is 1. The molecule has 0 spiro atoms. The number of benzene rings is 2. The minimum absolute atomic E-state index is 0.0341. The zero-order valence-electron chi connectivity index (χ0n) is 20.3. The van der Waals surface area contributed by atoms with Crippen LogP contribution >= 0.6 is 0 Å². The summed E-state index contributed by atoms with van der Waals surface area (Å²) in [6.45, 7) is 3.72. The van der Waals surface area contributed by atoms with Crippen LogP contribution < -0.4 is 4.90 Å².